The summed E-state index contributed by atoms with van der Waals surface area (Å²) in [5.41, 5.74) is 0. The number of hydrogen-bond donors (Lipinski definition) is 0. The maximum atomic E-state index is 12.6. The summed E-state index contributed by atoms with van der Waals surface area (Å²) in [6, 6.07) is 5.99. The molecule has 1 heterocycles. The third kappa shape index (κ3) is 2.05. The zero-order chi connectivity index (χ0) is 9.97. The highest BCUT2D eigenvalue weighted by atomic mass is 32.2. The summed E-state index contributed by atoms with van der Waals surface area (Å²) >= 11 is 1.26. The van der Waals surface area contributed by atoms with Gasteiger partial charge in [0.15, 0.2) is 0 Å². The molecule has 3 nitrogen and oxygen atoms in total. The van der Waals surface area contributed by atoms with E-state index in [1.165, 1.54) is 28.4 Å². The summed E-state index contributed by atoms with van der Waals surface area (Å²) < 4.78 is 19.0. The van der Waals surface area contributed by atoms with Gasteiger partial charge < -0.3 is 4.74 Å². The normalized spacial score (nSPS) is 16.4. The maximum absolute atomic E-state index is 12.6. The van der Waals surface area contributed by atoms with E-state index in [0.29, 0.717) is 6.73 Å². The van der Waals surface area contributed by atoms with Gasteiger partial charge in [-0.1, -0.05) is 0 Å². The fourth-order valence-electron chi connectivity index (χ4n) is 1.06. The van der Waals surface area contributed by atoms with Crippen molar-refractivity contribution >= 4 is 17.9 Å². The van der Waals surface area contributed by atoms with Crippen molar-refractivity contribution < 1.29 is 13.9 Å². The van der Waals surface area contributed by atoms with Gasteiger partial charge in [0.2, 0.25) is 0 Å². The average molecular weight is 213 g/mol. The fraction of sp³-hybridized carbons (Fsp3) is 0.222. The lowest BCUT2D eigenvalue weighted by atomic mass is 10.4. The van der Waals surface area contributed by atoms with Gasteiger partial charge in [-0.05, 0) is 36.2 Å². The molecule has 74 valence electrons. The predicted octanol–water partition coefficient (Wildman–Crippen LogP) is 1.65. The second kappa shape index (κ2) is 3.98. The van der Waals surface area contributed by atoms with Gasteiger partial charge in [-0.15, -0.1) is 0 Å². The molecule has 1 aliphatic rings. The van der Waals surface area contributed by atoms with E-state index >= 15 is 0 Å². The van der Waals surface area contributed by atoms with Gasteiger partial charge >= 0.3 is 0 Å². The largest absolute Gasteiger partial charge is 0.350 e. The first-order valence-corrected chi connectivity index (χ1v) is 4.85. The minimum atomic E-state index is -0.279. The van der Waals surface area contributed by atoms with Crippen LogP contribution >= 0.6 is 11.9 Å². The molecule has 0 radical (unpaired) electrons. The minimum absolute atomic E-state index is 0.0562. The second-order valence-electron chi connectivity index (χ2n) is 2.80. The molecule has 0 aromatic heterocycles. The minimum Gasteiger partial charge on any atom is -0.350 e. The monoisotopic (exact) mass is 213 g/mol. The molecule has 0 N–H and O–H groups in total. The number of nitrogens with zero attached hydrogens (tertiary/aromatic N) is 1. The Bertz CT molecular complexity index is 341. The van der Waals surface area contributed by atoms with Crippen LogP contribution in [0.2, 0.25) is 0 Å². The van der Waals surface area contributed by atoms with Crippen LogP contribution in [-0.2, 0) is 9.53 Å². The Hall–Kier alpha value is -1.07. The molecule has 1 amide bonds. The highest BCUT2D eigenvalue weighted by Crippen LogP contribution is 2.24. The Morgan fingerprint density at radius 1 is 1.36 bits per heavy atom. The quantitative estimate of drug-likeness (QED) is 0.699. The number of benzene rings is 1. The number of hydrogen-bond acceptors (Lipinski definition) is 3. The summed E-state index contributed by atoms with van der Waals surface area (Å²) in [6.07, 6.45) is 0. The zero-order valence-corrected chi connectivity index (χ0v) is 8.09. The standard InChI is InChI=1S/C9H8FNO2S/c10-7-1-3-8(4-2-7)14-11-6-13-5-9(11)12/h1-4H,5-6H2. The van der Waals surface area contributed by atoms with Crippen LogP contribution in [0.4, 0.5) is 4.39 Å². The van der Waals surface area contributed by atoms with Gasteiger partial charge in [0.25, 0.3) is 5.91 Å². The Balaban J connectivity index is 2.03. The maximum Gasteiger partial charge on any atom is 0.260 e. The van der Waals surface area contributed by atoms with E-state index < -0.39 is 0 Å². The number of carbonyl (C=O) groups is 1. The smallest absolute Gasteiger partial charge is 0.260 e. The Morgan fingerprint density at radius 3 is 2.64 bits per heavy atom. The second-order valence-corrected chi connectivity index (χ2v) is 3.89. The first-order valence-electron chi connectivity index (χ1n) is 4.07. The van der Waals surface area contributed by atoms with Crippen LogP contribution in [0.3, 0.4) is 0 Å². The first-order chi connectivity index (χ1) is 6.75. The molecule has 0 aliphatic carbocycles. The molecule has 5 heteroatoms. The molecular weight excluding hydrogens is 205 g/mol. The molecule has 1 aliphatic heterocycles. The van der Waals surface area contributed by atoms with E-state index in [9.17, 15) is 9.18 Å². The highest BCUT2D eigenvalue weighted by Gasteiger charge is 2.21. The third-order valence-corrected chi connectivity index (χ3v) is 2.75. The van der Waals surface area contributed by atoms with E-state index in [0.717, 1.165) is 4.90 Å². The van der Waals surface area contributed by atoms with Crippen LogP contribution in [0.25, 0.3) is 0 Å². The summed E-state index contributed by atoms with van der Waals surface area (Å²) in [6.45, 7) is 0.426. The molecule has 0 unspecified atom stereocenters. The molecule has 0 spiro atoms. The molecule has 1 aromatic carbocycles. The van der Waals surface area contributed by atoms with Gasteiger partial charge in [-0.2, -0.15) is 0 Å². The lowest BCUT2D eigenvalue weighted by Crippen LogP contribution is -2.17. The van der Waals surface area contributed by atoms with E-state index in [1.807, 2.05) is 0 Å². The zero-order valence-electron chi connectivity index (χ0n) is 7.27. The Kier molecular flexibility index (Phi) is 2.69. The number of rotatable bonds is 2. The summed E-state index contributed by atoms with van der Waals surface area (Å²) in [4.78, 5) is 12.0. The van der Waals surface area contributed by atoms with Crippen molar-refractivity contribution in [1.82, 2.24) is 4.31 Å². The van der Waals surface area contributed by atoms with Gasteiger partial charge in [-0.3, -0.25) is 9.10 Å². The van der Waals surface area contributed by atoms with Gasteiger partial charge in [-0.25, -0.2) is 4.39 Å². The van der Waals surface area contributed by atoms with Crippen molar-refractivity contribution in [2.75, 3.05) is 13.3 Å². The number of ether oxygens (including phenoxy) is 1. The SMILES string of the molecule is O=C1COCN1Sc1ccc(F)cc1. The lowest BCUT2D eigenvalue weighted by Gasteiger charge is -2.11. The van der Waals surface area contributed by atoms with Crippen molar-refractivity contribution in [3.05, 3.63) is 30.1 Å². The number of amides is 1. The van der Waals surface area contributed by atoms with Crippen molar-refractivity contribution in [3.63, 3.8) is 0 Å². The van der Waals surface area contributed by atoms with Crippen LogP contribution in [0, 0.1) is 5.82 Å². The van der Waals surface area contributed by atoms with E-state index in [-0.39, 0.29) is 18.3 Å². The molecule has 14 heavy (non-hydrogen) atoms. The third-order valence-electron chi connectivity index (χ3n) is 1.74. The molecule has 1 saturated heterocycles. The lowest BCUT2D eigenvalue weighted by molar-refractivity contribution is -0.122. The predicted molar refractivity (Wildman–Crippen MR) is 49.9 cm³/mol. The molecular formula is C9H8FNO2S. The molecule has 2 rings (SSSR count). The van der Waals surface area contributed by atoms with Crippen LogP contribution in [0.15, 0.2) is 29.2 Å². The van der Waals surface area contributed by atoms with Crippen LogP contribution < -0.4 is 0 Å². The van der Waals surface area contributed by atoms with Crippen LogP contribution in [0.5, 0.6) is 0 Å². The van der Waals surface area contributed by atoms with Crippen LogP contribution in [0.1, 0.15) is 0 Å². The fourth-order valence-corrected chi connectivity index (χ4v) is 1.85. The molecule has 0 atom stereocenters. The van der Waals surface area contributed by atoms with Crippen molar-refractivity contribution in [1.29, 1.82) is 0 Å². The van der Waals surface area contributed by atoms with Gasteiger partial charge in [0, 0.05) is 4.90 Å². The highest BCUT2D eigenvalue weighted by molar-refractivity contribution is 7.97. The number of halogens is 1. The summed E-state index contributed by atoms with van der Waals surface area (Å²) in [5.74, 6) is -0.335. The van der Waals surface area contributed by atoms with Crippen LogP contribution in [-0.4, -0.2) is 23.6 Å². The molecule has 0 saturated carbocycles. The first kappa shape index (κ1) is 9.48. The van der Waals surface area contributed by atoms with E-state index in [1.54, 1.807) is 12.1 Å². The average Bonchev–Trinajstić information content (AvgIpc) is 2.56. The van der Waals surface area contributed by atoms with Crippen molar-refractivity contribution in [3.8, 4) is 0 Å². The number of carbonyl (C=O) groups excluding carboxylic acids is 1. The van der Waals surface area contributed by atoms with Crippen molar-refractivity contribution in [2.45, 2.75) is 4.90 Å². The van der Waals surface area contributed by atoms with E-state index in [2.05, 4.69) is 0 Å². The van der Waals surface area contributed by atoms with Gasteiger partial charge in [0.05, 0.1) is 0 Å². The topological polar surface area (TPSA) is 29.5 Å². The molecule has 1 fully saturated rings. The summed E-state index contributed by atoms with van der Waals surface area (Å²) in [5, 5.41) is 0. The molecule has 1 aromatic rings. The Labute approximate surface area is 85.0 Å². The molecule has 0 bridgehead atoms. The van der Waals surface area contributed by atoms with Crippen molar-refractivity contribution in [2.24, 2.45) is 0 Å². The van der Waals surface area contributed by atoms with E-state index in [4.69, 9.17) is 4.74 Å². The van der Waals surface area contributed by atoms with Gasteiger partial charge in [0.1, 0.15) is 19.2 Å². The Morgan fingerprint density at radius 2 is 2.07 bits per heavy atom. The summed E-state index contributed by atoms with van der Waals surface area (Å²) in [7, 11) is 0.